The molecule has 1 unspecified atom stereocenters. The molecule has 1 heterocycles. The van der Waals surface area contributed by atoms with Crippen LogP contribution in [0.25, 0.3) is 0 Å². The van der Waals surface area contributed by atoms with E-state index in [2.05, 4.69) is 19.2 Å². The molecule has 0 aromatic heterocycles. The summed E-state index contributed by atoms with van der Waals surface area (Å²) >= 11 is 0. The fraction of sp³-hybridized carbons (Fsp3) is 0.917. The molecule has 0 amide bonds. The molecule has 1 N–H and O–H groups in total. The van der Waals surface area contributed by atoms with Crippen molar-refractivity contribution in [2.45, 2.75) is 57.5 Å². The minimum atomic E-state index is -0.327. The lowest BCUT2D eigenvalue weighted by molar-refractivity contribution is -0.159. The molecule has 1 aliphatic heterocycles. The molecule has 0 aromatic rings. The number of rotatable bonds is 2. The monoisotopic (exact) mass is 211 g/mol. The van der Waals surface area contributed by atoms with Gasteiger partial charge in [0, 0.05) is 6.04 Å². The molecule has 0 aromatic carbocycles. The van der Waals surface area contributed by atoms with Crippen LogP contribution in [0.4, 0.5) is 0 Å². The number of nitrogens with one attached hydrogen (secondary N) is 1. The number of carbonyl (C=O) groups excluding carboxylic acids is 1. The summed E-state index contributed by atoms with van der Waals surface area (Å²) in [5, 5.41) is 3.55. The van der Waals surface area contributed by atoms with E-state index in [1.165, 1.54) is 0 Å². The first kappa shape index (κ1) is 10.9. The smallest absolute Gasteiger partial charge is 0.326 e. The number of cyclic esters (lactones) is 1. The van der Waals surface area contributed by atoms with Crippen LogP contribution in [0, 0.1) is 5.92 Å². The van der Waals surface area contributed by atoms with E-state index in [0.29, 0.717) is 18.6 Å². The largest absolute Gasteiger partial charge is 0.463 e. The van der Waals surface area contributed by atoms with E-state index in [1.54, 1.807) is 0 Å². The molecule has 2 rings (SSSR count). The number of hydrogen-bond acceptors (Lipinski definition) is 3. The second-order valence-electron chi connectivity index (χ2n) is 5.02. The standard InChI is InChI=1S/C12H21NO2/c1-3-9(2)10-8-15-11(14)12(13-10)6-4-5-7-12/h9-10,13H,3-8H2,1-2H3/t9?,10-/m1/s1. The number of carbonyl (C=O) groups is 1. The van der Waals surface area contributed by atoms with Crippen LogP contribution in [0.3, 0.4) is 0 Å². The van der Waals surface area contributed by atoms with Gasteiger partial charge in [-0.15, -0.1) is 0 Å². The van der Waals surface area contributed by atoms with Gasteiger partial charge in [-0.3, -0.25) is 10.1 Å². The fourth-order valence-corrected chi connectivity index (χ4v) is 2.68. The Hall–Kier alpha value is -0.570. The second kappa shape index (κ2) is 4.12. The molecule has 2 atom stereocenters. The molecule has 0 radical (unpaired) electrons. The molecule has 1 saturated carbocycles. The zero-order valence-corrected chi connectivity index (χ0v) is 9.71. The Morgan fingerprint density at radius 1 is 1.53 bits per heavy atom. The van der Waals surface area contributed by atoms with Gasteiger partial charge in [-0.25, -0.2) is 0 Å². The van der Waals surface area contributed by atoms with Crippen molar-refractivity contribution in [3.05, 3.63) is 0 Å². The van der Waals surface area contributed by atoms with E-state index in [0.717, 1.165) is 32.1 Å². The van der Waals surface area contributed by atoms with Gasteiger partial charge in [0.15, 0.2) is 0 Å². The van der Waals surface area contributed by atoms with Crippen LogP contribution in [0.15, 0.2) is 0 Å². The Bertz CT molecular complexity index is 246. The van der Waals surface area contributed by atoms with E-state index in [4.69, 9.17) is 4.74 Å². The Morgan fingerprint density at radius 2 is 2.20 bits per heavy atom. The van der Waals surface area contributed by atoms with Crippen LogP contribution >= 0.6 is 0 Å². The molecule has 0 bridgehead atoms. The van der Waals surface area contributed by atoms with Crippen molar-refractivity contribution in [1.82, 2.24) is 5.32 Å². The average Bonchev–Trinajstić information content (AvgIpc) is 2.71. The van der Waals surface area contributed by atoms with Gasteiger partial charge < -0.3 is 4.74 Å². The Kier molecular flexibility index (Phi) is 3.01. The number of ether oxygens (including phenoxy) is 1. The van der Waals surface area contributed by atoms with E-state index in [-0.39, 0.29) is 11.5 Å². The van der Waals surface area contributed by atoms with Gasteiger partial charge >= 0.3 is 5.97 Å². The molecule has 1 saturated heterocycles. The third kappa shape index (κ3) is 1.89. The number of esters is 1. The van der Waals surface area contributed by atoms with Gasteiger partial charge in [0.2, 0.25) is 0 Å². The van der Waals surface area contributed by atoms with Gasteiger partial charge in [-0.1, -0.05) is 33.1 Å². The van der Waals surface area contributed by atoms with Crippen molar-refractivity contribution in [2.75, 3.05) is 6.61 Å². The predicted molar refractivity (Wildman–Crippen MR) is 58.5 cm³/mol. The van der Waals surface area contributed by atoms with Gasteiger partial charge in [-0.05, 0) is 18.8 Å². The van der Waals surface area contributed by atoms with Crippen LogP contribution in [-0.2, 0) is 9.53 Å². The summed E-state index contributed by atoms with van der Waals surface area (Å²) in [5.41, 5.74) is -0.327. The lowest BCUT2D eigenvalue weighted by atomic mass is 9.90. The topological polar surface area (TPSA) is 38.3 Å². The highest BCUT2D eigenvalue weighted by atomic mass is 16.5. The van der Waals surface area contributed by atoms with Crippen molar-refractivity contribution >= 4 is 5.97 Å². The molecule has 3 nitrogen and oxygen atoms in total. The van der Waals surface area contributed by atoms with Crippen LogP contribution in [0.1, 0.15) is 46.0 Å². The third-order valence-electron chi connectivity index (χ3n) is 4.03. The van der Waals surface area contributed by atoms with Gasteiger partial charge in [0.05, 0.1) is 0 Å². The molecule has 3 heteroatoms. The van der Waals surface area contributed by atoms with Gasteiger partial charge in [0.1, 0.15) is 12.1 Å². The number of morpholine rings is 1. The van der Waals surface area contributed by atoms with Gasteiger partial charge in [-0.2, -0.15) is 0 Å². The fourth-order valence-electron chi connectivity index (χ4n) is 2.68. The van der Waals surface area contributed by atoms with Crippen LogP contribution in [0.5, 0.6) is 0 Å². The normalized spacial score (nSPS) is 31.6. The summed E-state index contributed by atoms with van der Waals surface area (Å²) in [5.74, 6) is 0.565. The minimum absolute atomic E-state index is 0.0143. The minimum Gasteiger partial charge on any atom is -0.463 e. The van der Waals surface area contributed by atoms with Crippen molar-refractivity contribution < 1.29 is 9.53 Å². The van der Waals surface area contributed by atoms with E-state index >= 15 is 0 Å². The van der Waals surface area contributed by atoms with Crippen molar-refractivity contribution in [2.24, 2.45) is 5.92 Å². The van der Waals surface area contributed by atoms with Crippen molar-refractivity contribution in [3.8, 4) is 0 Å². The highest BCUT2D eigenvalue weighted by molar-refractivity contribution is 5.82. The quantitative estimate of drug-likeness (QED) is 0.708. The van der Waals surface area contributed by atoms with Crippen LogP contribution in [-0.4, -0.2) is 24.2 Å². The second-order valence-corrected chi connectivity index (χ2v) is 5.02. The molecule has 2 aliphatic rings. The van der Waals surface area contributed by atoms with Crippen molar-refractivity contribution in [3.63, 3.8) is 0 Å². The SMILES string of the molecule is CCC(C)[C@H]1COC(=O)C2(CCCC2)N1. The van der Waals surface area contributed by atoms with Crippen LogP contribution in [0.2, 0.25) is 0 Å². The summed E-state index contributed by atoms with van der Waals surface area (Å²) in [6, 6.07) is 0.353. The molecular formula is C12H21NO2. The lowest BCUT2D eigenvalue weighted by Gasteiger charge is -2.40. The molecule has 2 fully saturated rings. The lowest BCUT2D eigenvalue weighted by Crippen LogP contribution is -2.62. The highest BCUT2D eigenvalue weighted by Crippen LogP contribution is 2.34. The molecule has 86 valence electrons. The van der Waals surface area contributed by atoms with Gasteiger partial charge in [0.25, 0.3) is 0 Å². The first-order valence-electron chi connectivity index (χ1n) is 6.13. The molecule has 15 heavy (non-hydrogen) atoms. The molecule has 1 aliphatic carbocycles. The van der Waals surface area contributed by atoms with E-state index in [1.807, 2.05) is 0 Å². The Morgan fingerprint density at radius 3 is 2.80 bits per heavy atom. The summed E-state index contributed by atoms with van der Waals surface area (Å²) in [7, 11) is 0. The summed E-state index contributed by atoms with van der Waals surface area (Å²) < 4.78 is 5.35. The summed E-state index contributed by atoms with van der Waals surface area (Å²) in [4.78, 5) is 11.8. The predicted octanol–water partition coefficient (Wildman–Crippen LogP) is 1.86. The Balaban J connectivity index is 2.07. The maximum Gasteiger partial charge on any atom is 0.326 e. The zero-order valence-electron chi connectivity index (χ0n) is 9.71. The zero-order chi connectivity index (χ0) is 10.9. The number of hydrogen-bond donors (Lipinski definition) is 1. The van der Waals surface area contributed by atoms with E-state index in [9.17, 15) is 4.79 Å². The maximum absolute atomic E-state index is 11.8. The first-order valence-corrected chi connectivity index (χ1v) is 6.13. The molecule has 1 spiro atoms. The third-order valence-corrected chi connectivity index (χ3v) is 4.03. The first-order chi connectivity index (χ1) is 7.18. The average molecular weight is 211 g/mol. The van der Waals surface area contributed by atoms with Crippen molar-refractivity contribution in [1.29, 1.82) is 0 Å². The Labute approximate surface area is 91.6 Å². The molecular weight excluding hydrogens is 190 g/mol. The highest BCUT2D eigenvalue weighted by Gasteiger charge is 2.47. The van der Waals surface area contributed by atoms with E-state index < -0.39 is 0 Å². The summed E-state index contributed by atoms with van der Waals surface area (Å²) in [6.07, 6.45) is 5.34. The summed E-state index contributed by atoms with van der Waals surface area (Å²) in [6.45, 7) is 4.96. The van der Waals surface area contributed by atoms with Crippen LogP contribution < -0.4 is 5.32 Å². The maximum atomic E-state index is 11.8.